The summed E-state index contributed by atoms with van der Waals surface area (Å²) in [5.41, 5.74) is 3.10. The fourth-order valence-electron chi connectivity index (χ4n) is 5.10. The summed E-state index contributed by atoms with van der Waals surface area (Å²) >= 11 is 0. The molecule has 2 amide bonds. The van der Waals surface area contributed by atoms with E-state index in [0.717, 1.165) is 50.1 Å². The molecule has 7 heteroatoms. The number of nitrogens with one attached hydrogen (secondary N) is 1. The summed E-state index contributed by atoms with van der Waals surface area (Å²) in [6.07, 6.45) is 6.57. The van der Waals surface area contributed by atoms with Crippen molar-refractivity contribution in [2.45, 2.75) is 45.1 Å². The topological polar surface area (TPSA) is 55.9 Å². The van der Waals surface area contributed by atoms with Crippen molar-refractivity contribution in [1.82, 2.24) is 9.80 Å². The molecule has 2 aromatic carbocycles. The van der Waals surface area contributed by atoms with Crippen molar-refractivity contribution in [3.8, 4) is 0 Å². The highest BCUT2D eigenvalue weighted by atomic mass is 19.1. The Labute approximate surface area is 207 Å². The zero-order valence-electron chi connectivity index (χ0n) is 20.3. The molecule has 1 saturated carbocycles. The van der Waals surface area contributed by atoms with Crippen LogP contribution in [0, 0.1) is 11.7 Å². The zero-order valence-corrected chi connectivity index (χ0v) is 20.3. The van der Waals surface area contributed by atoms with Crippen LogP contribution in [0.15, 0.2) is 42.5 Å². The normalized spacial score (nSPS) is 19.3. The molecule has 1 N–H and O–H groups in total. The van der Waals surface area contributed by atoms with Crippen LogP contribution in [0.1, 0.15) is 54.4 Å². The smallest absolute Gasteiger partial charge is 0.256 e. The molecule has 1 aliphatic carbocycles. The van der Waals surface area contributed by atoms with E-state index in [2.05, 4.69) is 15.1 Å². The maximum Gasteiger partial charge on any atom is 0.256 e. The Kier molecular flexibility index (Phi) is 7.32. The van der Waals surface area contributed by atoms with Crippen LogP contribution in [0.25, 0.3) is 0 Å². The summed E-state index contributed by atoms with van der Waals surface area (Å²) in [5, 5.41) is 3.05. The third kappa shape index (κ3) is 5.84. The number of hydrogen-bond acceptors (Lipinski definition) is 4. The van der Waals surface area contributed by atoms with Gasteiger partial charge >= 0.3 is 0 Å². The standard InChI is InChI=1S/C28H35FN4O2/c29-25-8-4-3-7-22(25)20-31-15-17-33(18-16-31)28(35)24-12-11-23(30-27(34)21-9-10-21)19-26(24)32-13-5-1-2-6-14-32/h3-4,7-8,11-12,19,21H,1-2,5-6,9-10,13-18,20H2,(H,30,34). The molecule has 2 heterocycles. The highest BCUT2D eigenvalue weighted by Crippen LogP contribution is 2.32. The van der Waals surface area contributed by atoms with E-state index in [1.807, 2.05) is 35.2 Å². The van der Waals surface area contributed by atoms with E-state index in [9.17, 15) is 14.0 Å². The number of halogens is 1. The van der Waals surface area contributed by atoms with E-state index in [-0.39, 0.29) is 23.5 Å². The van der Waals surface area contributed by atoms with Gasteiger partial charge in [-0.3, -0.25) is 14.5 Å². The number of rotatable bonds is 6. The highest BCUT2D eigenvalue weighted by molar-refractivity contribution is 6.02. The Bertz CT molecular complexity index is 1050. The lowest BCUT2D eigenvalue weighted by molar-refractivity contribution is -0.117. The molecule has 35 heavy (non-hydrogen) atoms. The number of piperazine rings is 1. The van der Waals surface area contributed by atoms with Crippen molar-refractivity contribution in [3.05, 3.63) is 59.4 Å². The van der Waals surface area contributed by atoms with Crippen molar-refractivity contribution in [1.29, 1.82) is 0 Å². The van der Waals surface area contributed by atoms with Gasteiger partial charge in [-0.1, -0.05) is 31.0 Å². The molecule has 0 radical (unpaired) electrons. The van der Waals surface area contributed by atoms with Crippen molar-refractivity contribution >= 4 is 23.2 Å². The molecule has 3 fully saturated rings. The minimum absolute atomic E-state index is 0.0369. The van der Waals surface area contributed by atoms with Gasteiger partial charge in [0.15, 0.2) is 0 Å². The predicted molar refractivity (Wildman–Crippen MR) is 136 cm³/mol. The summed E-state index contributed by atoms with van der Waals surface area (Å²) in [6, 6.07) is 12.6. The Balaban J connectivity index is 1.29. The van der Waals surface area contributed by atoms with Crippen LogP contribution >= 0.6 is 0 Å². The first-order valence-corrected chi connectivity index (χ1v) is 13.0. The largest absolute Gasteiger partial charge is 0.371 e. The van der Waals surface area contributed by atoms with Gasteiger partial charge in [0.05, 0.1) is 11.3 Å². The molecule has 6 nitrogen and oxygen atoms in total. The van der Waals surface area contributed by atoms with Crippen LogP contribution in [0.5, 0.6) is 0 Å². The zero-order chi connectivity index (χ0) is 24.2. The van der Waals surface area contributed by atoms with Gasteiger partial charge in [-0.2, -0.15) is 0 Å². The molecule has 186 valence electrons. The van der Waals surface area contributed by atoms with Gasteiger partial charge in [0, 0.05) is 63.0 Å². The Morgan fingerprint density at radius 3 is 2.29 bits per heavy atom. The summed E-state index contributed by atoms with van der Waals surface area (Å²) < 4.78 is 14.1. The minimum Gasteiger partial charge on any atom is -0.371 e. The van der Waals surface area contributed by atoms with E-state index < -0.39 is 0 Å². The van der Waals surface area contributed by atoms with E-state index >= 15 is 0 Å². The molecular weight excluding hydrogens is 443 g/mol. The summed E-state index contributed by atoms with van der Waals surface area (Å²) in [4.78, 5) is 32.4. The molecule has 2 saturated heterocycles. The number of carbonyl (C=O) groups excluding carboxylic acids is 2. The summed E-state index contributed by atoms with van der Waals surface area (Å²) in [7, 11) is 0. The van der Waals surface area contributed by atoms with Gasteiger partial charge in [0.1, 0.15) is 5.82 Å². The summed E-state index contributed by atoms with van der Waals surface area (Å²) in [6.45, 7) is 5.08. The number of amides is 2. The van der Waals surface area contributed by atoms with Crippen molar-refractivity contribution < 1.29 is 14.0 Å². The van der Waals surface area contributed by atoms with Crippen molar-refractivity contribution in [3.63, 3.8) is 0 Å². The Morgan fingerprint density at radius 1 is 0.886 bits per heavy atom. The van der Waals surface area contributed by atoms with Gasteiger partial charge in [-0.15, -0.1) is 0 Å². The molecule has 0 spiro atoms. The average Bonchev–Trinajstić information content (AvgIpc) is 3.73. The van der Waals surface area contributed by atoms with Gasteiger partial charge in [-0.05, 0) is 49.9 Å². The highest BCUT2D eigenvalue weighted by Gasteiger charge is 2.30. The average molecular weight is 479 g/mol. The molecule has 0 atom stereocenters. The second-order valence-electron chi connectivity index (χ2n) is 10.1. The van der Waals surface area contributed by atoms with Gasteiger partial charge in [0.25, 0.3) is 5.91 Å². The van der Waals surface area contributed by atoms with Gasteiger partial charge in [0.2, 0.25) is 5.91 Å². The maximum absolute atomic E-state index is 14.1. The quantitative estimate of drug-likeness (QED) is 0.664. The lowest BCUT2D eigenvalue weighted by Gasteiger charge is -2.36. The number of benzene rings is 2. The molecule has 0 unspecified atom stereocenters. The van der Waals surface area contributed by atoms with E-state index in [0.29, 0.717) is 43.9 Å². The van der Waals surface area contributed by atoms with Crippen LogP contribution in [-0.2, 0) is 11.3 Å². The molecule has 0 aromatic heterocycles. The number of hydrogen-bond donors (Lipinski definition) is 1. The maximum atomic E-state index is 14.1. The number of anilines is 2. The Morgan fingerprint density at radius 2 is 1.60 bits per heavy atom. The first kappa shape index (κ1) is 23.8. The van der Waals surface area contributed by atoms with Crippen LogP contribution in [-0.4, -0.2) is 60.9 Å². The third-order valence-corrected chi connectivity index (χ3v) is 7.40. The predicted octanol–water partition coefficient (Wildman–Crippen LogP) is 4.51. The molecule has 3 aliphatic rings. The second kappa shape index (κ2) is 10.8. The van der Waals surface area contributed by atoms with Crippen LogP contribution in [0.2, 0.25) is 0 Å². The van der Waals surface area contributed by atoms with E-state index in [1.165, 1.54) is 18.9 Å². The third-order valence-electron chi connectivity index (χ3n) is 7.40. The van der Waals surface area contributed by atoms with Crippen molar-refractivity contribution in [2.24, 2.45) is 5.92 Å². The van der Waals surface area contributed by atoms with Gasteiger partial charge in [-0.25, -0.2) is 4.39 Å². The fraction of sp³-hybridized carbons (Fsp3) is 0.500. The fourth-order valence-corrected chi connectivity index (χ4v) is 5.10. The monoisotopic (exact) mass is 478 g/mol. The first-order chi connectivity index (χ1) is 17.1. The molecule has 2 aliphatic heterocycles. The minimum atomic E-state index is -0.179. The first-order valence-electron chi connectivity index (χ1n) is 13.0. The van der Waals surface area contributed by atoms with E-state index in [1.54, 1.807) is 6.07 Å². The molecule has 0 bridgehead atoms. The molecule has 2 aromatic rings. The second-order valence-corrected chi connectivity index (χ2v) is 10.1. The number of nitrogens with zero attached hydrogens (tertiary/aromatic N) is 3. The van der Waals surface area contributed by atoms with Gasteiger partial charge < -0.3 is 15.1 Å². The van der Waals surface area contributed by atoms with Crippen LogP contribution < -0.4 is 10.2 Å². The Hall–Kier alpha value is -2.93. The van der Waals surface area contributed by atoms with Crippen LogP contribution in [0.4, 0.5) is 15.8 Å². The number of carbonyl (C=O) groups is 2. The SMILES string of the molecule is O=C(Nc1ccc(C(=O)N2CCN(Cc3ccccc3F)CC2)c(N2CCCCCC2)c1)C1CC1. The summed E-state index contributed by atoms with van der Waals surface area (Å²) in [5.74, 6) is 0.0762. The molecular formula is C28H35FN4O2. The van der Waals surface area contributed by atoms with Crippen LogP contribution in [0.3, 0.4) is 0 Å². The lowest BCUT2D eigenvalue weighted by atomic mass is 10.1. The lowest BCUT2D eigenvalue weighted by Crippen LogP contribution is -2.48. The van der Waals surface area contributed by atoms with E-state index in [4.69, 9.17) is 0 Å². The molecule has 5 rings (SSSR count). The van der Waals surface area contributed by atoms with Crippen molar-refractivity contribution in [2.75, 3.05) is 49.5 Å².